The third kappa shape index (κ3) is 1.59. The van der Waals surface area contributed by atoms with Gasteiger partial charge in [-0.25, -0.2) is 8.42 Å². The van der Waals surface area contributed by atoms with Crippen LogP contribution in [-0.4, -0.2) is 13.8 Å². The van der Waals surface area contributed by atoms with Crippen LogP contribution in [0.15, 0.2) is 29.2 Å². The minimum atomic E-state index is -3.32. The van der Waals surface area contributed by atoms with Gasteiger partial charge in [-0.15, -0.1) is 0 Å². The molecule has 1 atom stereocenters. The predicted molar refractivity (Wildman–Crippen MR) is 53.2 cm³/mol. The number of sulfonamides is 1. The van der Waals surface area contributed by atoms with Crippen LogP contribution in [0.1, 0.15) is 5.56 Å². The van der Waals surface area contributed by atoms with Crippen molar-refractivity contribution < 1.29 is 8.42 Å². The van der Waals surface area contributed by atoms with E-state index in [4.69, 9.17) is 0 Å². The number of hydrogen-bond acceptors (Lipinski definition) is 3. The first kappa shape index (κ1) is 9.05. The Labute approximate surface area is 82.6 Å². The van der Waals surface area contributed by atoms with Crippen LogP contribution in [-0.2, 0) is 16.4 Å². The molecule has 13 heavy (non-hydrogen) atoms. The molecule has 1 aliphatic rings. The third-order valence-corrected chi connectivity index (χ3v) is 4.03. The van der Waals surface area contributed by atoms with Gasteiger partial charge in [0.25, 0.3) is 0 Å². The molecule has 70 valence electrons. The summed E-state index contributed by atoms with van der Waals surface area (Å²) in [6.07, 6.45) is 0.637. The molecule has 1 unspecified atom stereocenters. The zero-order valence-electron chi connectivity index (χ0n) is 6.77. The van der Waals surface area contributed by atoms with Gasteiger partial charge in [0.05, 0.1) is 10.3 Å². The van der Waals surface area contributed by atoms with E-state index in [1.54, 1.807) is 12.1 Å². The summed E-state index contributed by atoms with van der Waals surface area (Å²) in [6.45, 7) is 0. The van der Waals surface area contributed by atoms with Gasteiger partial charge in [0, 0.05) is 0 Å². The van der Waals surface area contributed by atoms with Crippen LogP contribution in [0, 0.1) is 0 Å². The summed E-state index contributed by atoms with van der Waals surface area (Å²) in [7, 11) is -3.32. The fourth-order valence-electron chi connectivity index (χ4n) is 1.43. The first-order valence-electron chi connectivity index (χ1n) is 3.88. The van der Waals surface area contributed by atoms with E-state index in [9.17, 15) is 8.42 Å². The second-order valence-corrected chi connectivity index (χ2v) is 5.25. The summed E-state index contributed by atoms with van der Waals surface area (Å²) in [5.74, 6) is 0. The minimum absolute atomic E-state index is 0.306. The van der Waals surface area contributed by atoms with Crippen molar-refractivity contribution in [1.29, 1.82) is 0 Å². The van der Waals surface area contributed by atoms with E-state index in [-0.39, 0.29) is 5.37 Å². The van der Waals surface area contributed by atoms with Crippen LogP contribution in [0.5, 0.6) is 0 Å². The summed E-state index contributed by atoms with van der Waals surface area (Å²) in [6, 6.07) is 6.98. The Morgan fingerprint density at radius 1 is 1.38 bits per heavy atom. The van der Waals surface area contributed by atoms with Crippen molar-refractivity contribution in [3.8, 4) is 0 Å². The molecule has 1 aliphatic heterocycles. The van der Waals surface area contributed by atoms with Crippen LogP contribution in [0.3, 0.4) is 0 Å². The lowest BCUT2D eigenvalue weighted by atomic mass is 10.1. The summed E-state index contributed by atoms with van der Waals surface area (Å²) in [4.78, 5) is 0.375. The van der Waals surface area contributed by atoms with Crippen molar-refractivity contribution in [1.82, 2.24) is 4.72 Å². The average molecular weight is 215 g/mol. The van der Waals surface area contributed by atoms with Gasteiger partial charge in [-0.1, -0.05) is 18.2 Å². The molecule has 0 bridgehead atoms. The predicted octanol–water partition coefficient (Wildman–Crippen LogP) is 0.777. The summed E-state index contributed by atoms with van der Waals surface area (Å²) >= 11 is 4.11. The lowest BCUT2D eigenvalue weighted by molar-refractivity contribution is 0.568. The number of benzene rings is 1. The van der Waals surface area contributed by atoms with Gasteiger partial charge < -0.3 is 0 Å². The van der Waals surface area contributed by atoms with E-state index < -0.39 is 10.0 Å². The SMILES string of the molecule is O=S1(=O)NC(S)Cc2ccccc21. The Morgan fingerprint density at radius 3 is 2.85 bits per heavy atom. The monoisotopic (exact) mass is 215 g/mol. The molecule has 0 saturated carbocycles. The van der Waals surface area contributed by atoms with E-state index >= 15 is 0 Å². The van der Waals surface area contributed by atoms with Crippen LogP contribution < -0.4 is 4.72 Å². The summed E-state index contributed by atoms with van der Waals surface area (Å²) < 4.78 is 25.5. The second-order valence-electron chi connectivity index (χ2n) is 2.95. The van der Waals surface area contributed by atoms with Crippen molar-refractivity contribution in [3.05, 3.63) is 29.8 Å². The van der Waals surface area contributed by atoms with E-state index in [0.717, 1.165) is 5.56 Å². The molecule has 0 spiro atoms. The molecule has 0 saturated heterocycles. The first-order chi connectivity index (χ1) is 6.09. The van der Waals surface area contributed by atoms with Crippen molar-refractivity contribution >= 4 is 22.7 Å². The van der Waals surface area contributed by atoms with E-state index in [2.05, 4.69) is 17.4 Å². The molecule has 1 aromatic rings. The highest BCUT2D eigenvalue weighted by Gasteiger charge is 2.26. The Bertz CT molecular complexity index is 428. The maximum Gasteiger partial charge on any atom is 0.241 e. The number of fused-ring (bicyclic) bond motifs is 1. The average Bonchev–Trinajstić information content (AvgIpc) is 2.02. The second kappa shape index (κ2) is 3.01. The lowest BCUT2D eigenvalue weighted by Gasteiger charge is -2.21. The zero-order chi connectivity index (χ0) is 9.47. The molecule has 5 heteroatoms. The van der Waals surface area contributed by atoms with Crippen molar-refractivity contribution in [2.24, 2.45) is 0 Å². The van der Waals surface area contributed by atoms with Crippen LogP contribution in [0.25, 0.3) is 0 Å². The van der Waals surface area contributed by atoms with Gasteiger partial charge in [-0.3, -0.25) is 0 Å². The molecule has 1 heterocycles. The smallest absolute Gasteiger partial charge is 0.207 e. The molecule has 3 nitrogen and oxygen atoms in total. The Hall–Kier alpha value is -0.520. The normalized spacial score (nSPS) is 25.2. The van der Waals surface area contributed by atoms with E-state index in [0.29, 0.717) is 11.3 Å². The standard InChI is InChI=1S/C8H9NO2S2/c10-13(11)7-4-2-1-3-6(7)5-8(12)9-13/h1-4,8-9,12H,5H2. The van der Waals surface area contributed by atoms with Gasteiger partial charge in [-0.05, 0) is 18.1 Å². The minimum Gasteiger partial charge on any atom is -0.207 e. The molecule has 0 aliphatic carbocycles. The molecular formula is C8H9NO2S2. The van der Waals surface area contributed by atoms with Crippen LogP contribution >= 0.6 is 12.6 Å². The molecular weight excluding hydrogens is 206 g/mol. The topological polar surface area (TPSA) is 46.2 Å². The number of hydrogen-bond donors (Lipinski definition) is 2. The highest BCUT2D eigenvalue weighted by Crippen LogP contribution is 2.23. The molecule has 0 fully saturated rings. The number of nitrogens with one attached hydrogen (secondary N) is 1. The lowest BCUT2D eigenvalue weighted by Crippen LogP contribution is -2.37. The van der Waals surface area contributed by atoms with E-state index in [1.165, 1.54) is 0 Å². The van der Waals surface area contributed by atoms with Crippen LogP contribution in [0.2, 0.25) is 0 Å². The Morgan fingerprint density at radius 2 is 2.08 bits per heavy atom. The third-order valence-electron chi connectivity index (χ3n) is 1.97. The number of thiol groups is 1. The van der Waals surface area contributed by atoms with Gasteiger partial charge in [-0.2, -0.15) is 17.4 Å². The van der Waals surface area contributed by atoms with Crippen molar-refractivity contribution in [2.45, 2.75) is 16.7 Å². The first-order valence-corrected chi connectivity index (χ1v) is 5.88. The highest BCUT2D eigenvalue weighted by molar-refractivity contribution is 7.91. The van der Waals surface area contributed by atoms with E-state index in [1.807, 2.05) is 12.1 Å². The molecule has 0 amide bonds. The molecule has 0 aromatic heterocycles. The van der Waals surface area contributed by atoms with Gasteiger partial charge in [0.2, 0.25) is 10.0 Å². The van der Waals surface area contributed by atoms with Crippen molar-refractivity contribution in [3.63, 3.8) is 0 Å². The Balaban J connectivity index is 2.63. The highest BCUT2D eigenvalue weighted by atomic mass is 32.2. The van der Waals surface area contributed by atoms with Gasteiger partial charge >= 0.3 is 0 Å². The zero-order valence-corrected chi connectivity index (χ0v) is 8.48. The molecule has 1 N–H and O–H groups in total. The molecule has 0 radical (unpaired) electrons. The molecule has 2 rings (SSSR count). The van der Waals surface area contributed by atoms with Crippen molar-refractivity contribution in [2.75, 3.05) is 0 Å². The summed E-state index contributed by atoms with van der Waals surface area (Å²) in [5.41, 5.74) is 0.834. The summed E-state index contributed by atoms with van der Waals surface area (Å²) in [5, 5.41) is -0.306. The molecule has 1 aromatic carbocycles. The van der Waals surface area contributed by atoms with Crippen LogP contribution in [0.4, 0.5) is 0 Å². The van der Waals surface area contributed by atoms with Gasteiger partial charge in [0.1, 0.15) is 0 Å². The Kier molecular flexibility index (Phi) is 2.09. The quantitative estimate of drug-likeness (QED) is 0.628. The number of rotatable bonds is 0. The van der Waals surface area contributed by atoms with Gasteiger partial charge in [0.15, 0.2) is 0 Å². The largest absolute Gasteiger partial charge is 0.241 e. The maximum absolute atomic E-state index is 11.5. The fraction of sp³-hybridized carbons (Fsp3) is 0.250. The fourth-order valence-corrected chi connectivity index (χ4v) is 3.36. The maximum atomic E-state index is 11.5.